The van der Waals surface area contributed by atoms with E-state index in [0.717, 1.165) is 0 Å². The number of hydrogen-bond donors (Lipinski definition) is 2. The van der Waals surface area contributed by atoms with E-state index in [4.69, 9.17) is 4.74 Å². The summed E-state index contributed by atoms with van der Waals surface area (Å²) in [7, 11) is -3.79. The molecular weight excluding hydrogens is 332 g/mol. The molecule has 2 rings (SSSR count). The summed E-state index contributed by atoms with van der Waals surface area (Å²) in [6.45, 7) is 6.51. The van der Waals surface area contributed by atoms with Crippen molar-refractivity contribution in [2.75, 3.05) is 37.7 Å². The van der Waals surface area contributed by atoms with Crippen LogP contribution >= 0.6 is 0 Å². The van der Waals surface area contributed by atoms with Crippen molar-refractivity contribution in [1.29, 1.82) is 0 Å². The third-order valence-electron chi connectivity index (χ3n) is 3.86. The van der Waals surface area contributed by atoms with Gasteiger partial charge in [-0.3, -0.25) is 0 Å². The Hall–Kier alpha value is -1.64. The topological polar surface area (TPSA) is 95.9 Å². The van der Waals surface area contributed by atoms with Crippen molar-refractivity contribution < 1.29 is 23.1 Å². The lowest BCUT2D eigenvalue weighted by Crippen LogP contribution is -2.38. The molecule has 1 fully saturated rings. The van der Waals surface area contributed by atoms with Crippen LogP contribution in [-0.4, -0.2) is 52.3 Å². The Labute approximate surface area is 142 Å². The van der Waals surface area contributed by atoms with Gasteiger partial charge >= 0.3 is 5.97 Å². The van der Waals surface area contributed by atoms with E-state index in [0.29, 0.717) is 50.9 Å². The van der Waals surface area contributed by atoms with E-state index in [2.05, 4.69) is 4.72 Å². The third kappa shape index (κ3) is 4.68. The second kappa shape index (κ2) is 7.96. The number of hydrogen-bond acceptors (Lipinski definition) is 5. The average molecular weight is 356 g/mol. The SMILES string of the molecule is CC(C)CCNS(=O)(=O)c1cc(C(=O)O)ccc1N1CCOCC1. The second-order valence-electron chi connectivity index (χ2n) is 6.17. The maximum Gasteiger partial charge on any atom is 0.335 e. The van der Waals surface area contributed by atoms with Gasteiger partial charge in [0.2, 0.25) is 10.0 Å². The molecule has 1 aliphatic rings. The number of anilines is 1. The summed E-state index contributed by atoms with van der Waals surface area (Å²) >= 11 is 0. The van der Waals surface area contributed by atoms with E-state index in [-0.39, 0.29) is 10.5 Å². The van der Waals surface area contributed by atoms with Crippen LogP contribution in [0.3, 0.4) is 0 Å². The molecule has 8 heteroatoms. The number of carbonyl (C=O) groups is 1. The first-order valence-corrected chi connectivity index (χ1v) is 9.49. The number of rotatable bonds is 7. The lowest BCUT2D eigenvalue weighted by Gasteiger charge is -2.30. The lowest BCUT2D eigenvalue weighted by molar-refractivity contribution is 0.0696. The maximum absolute atomic E-state index is 12.7. The van der Waals surface area contributed by atoms with Crippen molar-refractivity contribution in [3.05, 3.63) is 23.8 Å². The molecule has 0 atom stereocenters. The molecule has 0 saturated carbocycles. The van der Waals surface area contributed by atoms with Gasteiger partial charge in [0, 0.05) is 19.6 Å². The second-order valence-corrected chi connectivity index (χ2v) is 7.90. The molecule has 1 heterocycles. The van der Waals surface area contributed by atoms with Crippen LogP contribution in [0.5, 0.6) is 0 Å². The van der Waals surface area contributed by atoms with Gasteiger partial charge in [-0.15, -0.1) is 0 Å². The Morgan fingerprint density at radius 3 is 2.58 bits per heavy atom. The standard InChI is InChI=1S/C16H24N2O5S/c1-12(2)5-6-17-24(21,22)15-11-13(16(19)20)3-4-14(15)18-7-9-23-10-8-18/h3-4,11-12,17H,5-10H2,1-2H3,(H,19,20). The summed E-state index contributed by atoms with van der Waals surface area (Å²) < 4.78 is 33.3. The van der Waals surface area contributed by atoms with Crippen LogP contribution in [0.1, 0.15) is 30.6 Å². The summed E-state index contributed by atoms with van der Waals surface area (Å²) in [4.78, 5) is 13.1. The molecule has 134 valence electrons. The molecule has 1 saturated heterocycles. The normalized spacial score (nSPS) is 15.7. The van der Waals surface area contributed by atoms with Crippen LogP contribution in [-0.2, 0) is 14.8 Å². The first-order chi connectivity index (χ1) is 11.3. The van der Waals surface area contributed by atoms with Gasteiger partial charge in [-0.25, -0.2) is 17.9 Å². The fraction of sp³-hybridized carbons (Fsp3) is 0.562. The Bertz CT molecular complexity index is 682. The first-order valence-electron chi connectivity index (χ1n) is 8.01. The van der Waals surface area contributed by atoms with Crippen LogP contribution in [0, 0.1) is 5.92 Å². The summed E-state index contributed by atoms with van der Waals surface area (Å²) in [6, 6.07) is 4.22. The zero-order valence-electron chi connectivity index (χ0n) is 14.0. The van der Waals surface area contributed by atoms with E-state index in [1.54, 1.807) is 6.07 Å². The minimum Gasteiger partial charge on any atom is -0.478 e. The van der Waals surface area contributed by atoms with Gasteiger partial charge < -0.3 is 14.7 Å². The van der Waals surface area contributed by atoms with Crippen molar-refractivity contribution in [2.24, 2.45) is 5.92 Å². The van der Waals surface area contributed by atoms with Gasteiger partial charge in [-0.1, -0.05) is 13.8 Å². The molecular formula is C16H24N2O5S. The number of benzene rings is 1. The molecule has 24 heavy (non-hydrogen) atoms. The molecule has 1 aromatic rings. The van der Waals surface area contributed by atoms with Crippen molar-refractivity contribution in [3.8, 4) is 0 Å². The number of morpholine rings is 1. The van der Waals surface area contributed by atoms with E-state index >= 15 is 0 Å². The summed E-state index contributed by atoms with van der Waals surface area (Å²) in [6.07, 6.45) is 0.713. The Kier molecular flexibility index (Phi) is 6.20. The van der Waals surface area contributed by atoms with Gasteiger partial charge in [0.25, 0.3) is 0 Å². The molecule has 0 aromatic heterocycles. The number of ether oxygens (including phenoxy) is 1. The van der Waals surface area contributed by atoms with Crippen LogP contribution in [0.2, 0.25) is 0 Å². The highest BCUT2D eigenvalue weighted by Crippen LogP contribution is 2.27. The number of nitrogens with one attached hydrogen (secondary N) is 1. The molecule has 2 N–H and O–H groups in total. The highest BCUT2D eigenvalue weighted by molar-refractivity contribution is 7.89. The quantitative estimate of drug-likeness (QED) is 0.769. The highest BCUT2D eigenvalue weighted by atomic mass is 32.2. The van der Waals surface area contributed by atoms with Gasteiger partial charge in [-0.2, -0.15) is 0 Å². The smallest absolute Gasteiger partial charge is 0.335 e. The Balaban J connectivity index is 2.36. The minimum absolute atomic E-state index is 0.00746. The number of carboxylic acids is 1. The third-order valence-corrected chi connectivity index (χ3v) is 5.35. The predicted octanol–water partition coefficient (Wildman–Crippen LogP) is 1.55. The van der Waals surface area contributed by atoms with E-state index in [1.165, 1.54) is 12.1 Å². The van der Waals surface area contributed by atoms with Crippen LogP contribution in [0.15, 0.2) is 23.1 Å². The molecule has 0 radical (unpaired) electrons. The van der Waals surface area contributed by atoms with Gasteiger partial charge in [-0.05, 0) is 30.5 Å². The lowest BCUT2D eigenvalue weighted by atomic mass is 10.1. The largest absolute Gasteiger partial charge is 0.478 e. The zero-order valence-corrected chi connectivity index (χ0v) is 14.8. The van der Waals surface area contributed by atoms with Crippen molar-refractivity contribution in [2.45, 2.75) is 25.2 Å². The molecule has 0 spiro atoms. The van der Waals surface area contributed by atoms with Crippen LogP contribution < -0.4 is 9.62 Å². The van der Waals surface area contributed by atoms with Crippen molar-refractivity contribution in [1.82, 2.24) is 4.72 Å². The predicted molar refractivity (Wildman–Crippen MR) is 91.1 cm³/mol. The van der Waals surface area contributed by atoms with Gasteiger partial charge in [0.15, 0.2) is 0 Å². The number of nitrogens with zero attached hydrogens (tertiary/aromatic N) is 1. The minimum atomic E-state index is -3.79. The molecule has 1 aromatic carbocycles. The van der Waals surface area contributed by atoms with Crippen molar-refractivity contribution in [3.63, 3.8) is 0 Å². The monoisotopic (exact) mass is 356 g/mol. The number of aromatic carboxylic acids is 1. The van der Waals surface area contributed by atoms with E-state index in [9.17, 15) is 18.3 Å². The fourth-order valence-electron chi connectivity index (χ4n) is 2.49. The first kappa shape index (κ1) is 18.7. The molecule has 7 nitrogen and oxygen atoms in total. The fourth-order valence-corrected chi connectivity index (χ4v) is 3.78. The molecule has 0 aliphatic carbocycles. The van der Waals surface area contributed by atoms with Gasteiger partial charge in [0.05, 0.1) is 24.5 Å². The van der Waals surface area contributed by atoms with Crippen LogP contribution in [0.4, 0.5) is 5.69 Å². The molecule has 0 amide bonds. The molecule has 0 unspecified atom stereocenters. The van der Waals surface area contributed by atoms with Gasteiger partial charge in [0.1, 0.15) is 4.90 Å². The number of sulfonamides is 1. The zero-order chi connectivity index (χ0) is 17.7. The summed E-state index contributed by atoms with van der Waals surface area (Å²) in [5.41, 5.74) is 0.469. The Morgan fingerprint density at radius 2 is 2.00 bits per heavy atom. The average Bonchev–Trinajstić information content (AvgIpc) is 2.54. The highest BCUT2D eigenvalue weighted by Gasteiger charge is 2.24. The van der Waals surface area contributed by atoms with Crippen LogP contribution in [0.25, 0.3) is 0 Å². The number of carboxylic acid groups (broad SMARTS) is 1. The molecule has 1 aliphatic heterocycles. The Morgan fingerprint density at radius 1 is 1.33 bits per heavy atom. The van der Waals surface area contributed by atoms with E-state index < -0.39 is 16.0 Å². The molecule has 0 bridgehead atoms. The van der Waals surface area contributed by atoms with Crippen molar-refractivity contribution >= 4 is 21.7 Å². The maximum atomic E-state index is 12.7. The summed E-state index contributed by atoms with van der Waals surface area (Å²) in [5.74, 6) is -0.779. The summed E-state index contributed by atoms with van der Waals surface area (Å²) in [5, 5.41) is 9.18. The van der Waals surface area contributed by atoms with E-state index in [1.807, 2.05) is 18.7 Å².